The van der Waals surface area contributed by atoms with Crippen molar-refractivity contribution in [2.45, 2.75) is 25.8 Å². The van der Waals surface area contributed by atoms with E-state index < -0.39 is 0 Å². The highest BCUT2D eigenvalue weighted by molar-refractivity contribution is 7.09. The van der Waals surface area contributed by atoms with E-state index in [1.54, 1.807) is 11.3 Å². The molecule has 3 rings (SSSR count). The Kier molecular flexibility index (Phi) is 4.03. The SMILES string of the molecule is Cc1nc(-c2cccc(C(=O)NC(CN)C3CC3)c2)cs1. The molecule has 5 heteroatoms. The number of thiazole rings is 1. The maximum Gasteiger partial charge on any atom is 0.251 e. The Labute approximate surface area is 128 Å². The second kappa shape index (κ2) is 5.95. The number of amides is 1. The summed E-state index contributed by atoms with van der Waals surface area (Å²) in [6, 6.07) is 7.70. The molecule has 1 heterocycles. The van der Waals surface area contributed by atoms with Gasteiger partial charge >= 0.3 is 0 Å². The molecule has 3 N–H and O–H groups in total. The number of benzene rings is 1. The topological polar surface area (TPSA) is 68.0 Å². The van der Waals surface area contributed by atoms with Crippen molar-refractivity contribution in [3.8, 4) is 11.3 Å². The molecule has 0 radical (unpaired) electrons. The van der Waals surface area contributed by atoms with E-state index in [0.717, 1.165) is 16.3 Å². The first-order valence-electron chi connectivity index (χ1n) is 7.21. The maximum absolute atomic E-state index is 12.4. The van der Waals surface area contributed by atoms with E-state index in [4.69, 9.17) is 5.73 Å². The summed E-state index contributed by atoms with van der Waals surface area (Å²) in [6.07, 6.45) is 2.33. The molecular formula is C16H19N3OS. The number of carbonyl (C=O) groups excluding carboxylic acids is 1. The van der Waals surface area contributed by atoms with Gasteiger partial charge in [-0.25, -0.2) is 4.98 Å². The molecule has 1 amide bonds. The van der Waals surface area contributed by atoms with E-state index in [9.17, 15) is 4.79 Å². The van der Waals surface area contributed by atoms with E-state index in [-0.39, 0.29) is 11.9 Å². The Bertz CT molecular complexity index is 648. The maximum atomic E-state index is 12.4. The van der Waals surface area contributed by atoms with Crippen LogP contribution in [-0.2, 0) is 0 Å². The summed E-state index contributed by atoms with van der Waals surface area (Å²) in [4.78, 5) is 16.8. The lowest BCUT2D eigenvalue weighted by Crippen LogP contribution is -2.41. The van der Waals surface area contributed by atoms with Gasteiger partial charge in [-0.3, -0.25) is 4.79 Å². The Hall–Kier alpha value is -1.72. The van der Waals surface area contributed by atoms with Gasteiger partial charge in [-0.2, -0.15) is 0 Å². The van der Waals surface area contributed by atoms with Crippen LogP contribution in [0.4, 0.5) is 0 Å². The standard InChI is InChI=1S/C16H19N3OS/c1-10-18-15(9-21-10)12-3-2-4-13(7-12)16(20)19-14(8-17)11-5-6-11/h2-4,7,9,11,14H,5-6,8,17H2,1H3,(H,19,20). The fourth-order valence-electron chi connectivity index (χ4n) is 2.44. The number of hydrogen-bond donors (Lipinski definition) is 2. The summed E-state index contributed by atoms with van der Waals surface area (Å²) in [5.74, 6) is 0.509. The number of nitrogens with one attached hydrogen (secondary N) is 1. The van der Waals surface area contributed by atoms with E-state index in [1.165, 1.54) is 12.8 Å². The van der Waals surface area contributed by atoms with E-state index in [1.807, 2.05) is 36.6 Å². The second-order valence-corrected chi connectivity index (χ2v) is 6.55. The van der Waals surface area contributed by atoms with Gasteiger partial charge in [-0.1, -0.05) is 12.1 Å². The van der Waals surface area contributed by atoms with Gasteiger partial charge in [0.2, 0.25) is 0 Å². The Morgan fingerprint density at radius 1 is 1.52 bits per heavy atom. The largest absolute Gasteiger partial charge is 0.348 e. The highest BCUT2D eigenvalue weighted by atomic mass is 32.1. The van der Waals surface area contributed by atoms with Crippen LogP contribution in [0.5, 0.6) is 0 Å². The molecule has 1 aromatic carbocycles. The second-order valence-electron chi connectivity index (χ2n) is 5.49. The fourth-order valence-corrected chi connectivity index (χ4v) is 3.06. The third-order valence-electron chi connectivity index (χ3n) is 3.80. The average Bonchev–Trinajstić information content (AvgIpc) is 3.25. The lowest BCUT2D eigenvalue weighted by molar-refractivity contribution is 0.0933. The molecule has 1 fully saturated rings. The molecule has 110 valence electrons. The van der Waals surface area contributed by atoms with Gasteiger partial charge in [0.05, 0.1) is 10.7 Å². The highest BCUT2D eigenvalue weighted by Gasteiger charge is 2.31. The van der Waals surface area contributed by atoms with Gasteiger partial charge in [0, 0.05) is 29.1 Å². The number of hydrogen-bond acceptors (Lipinski definition) is 4. The smallest absolute Gasteiger partial charge is 0.251 e. The minimum absolute atomic E-state index is 0.0499. The summed E-state index contributed by atoms with van der Waals surface area (Å²) in [6.45, 7) is 2.48. The zero-order chi connectivity index (χ0) is 14.8. The van der Waals surface area contributed by atoms with Crippen molar-refractivity contribution < 1.29 is 4.79 Å². The van der Waals surface area contributed by atoms with Gasteiger partial charge in [0.15, 0.2) is 0 Å². The van der Waals surface area contributed by atoms with Crippen LogP contribution in [0, 0.1) is 12.8 Å². The first kappa shape index (κ1) is 14.2. The number of aryl methyl sites for hydroxylation is 1. The van der Waals surface area contributed by atoms with Crippen LogP contribution in [-0.4, -0.2) is 23.5 Å². The summed E-state index contributed by atoms with van der Waals surface area (Å²) >= 11 is 1.61. The monoisotopic (exact) mass is 301 g/mol. The van der Waals surface area contributed by atoms with Crippen LogP contribution in [0.1, 0.15) is 28.2 Å². The first-order valence-corrected chi connectivity index (χ1v) is 8.09. The molecule has 4 nitrogen and oxygen atoms in total. The van der Waals surface area contributed by atoms with Crippen molar-refractivity contribution in [3.63, 3.8) is 0 Å². The number of rotatable bonds is 5. The van der Waals surface area contributed by atoms with Gasteiger partial charge < -0.3 is 11.1 Å². The molecule has 1 aliphatic rings. The number of nitrogens with two attached hydrogens (primary N) is 1. The van der Waals surface area contributed by atoms with Crippen LogP contribution < -0.4 is 11.1 Å². The van der Waals surface area contributed by atoms with Gasteiger partial charge in [-0.15, -0.1) is 11.3 Å². The quantitative estimate of drug-likeness (QED) is 0.892. The number of carbonyl (C=O) groups is 1. The van der Waals surface area contributed by atoms with Crippen LogP contribution in [0.25, 0.3) is 11.3 Å². The van der Waals surface area contributed by atoms with Gasteiger partial charge in [0.25, 0.3) is 5.91 Å². The molecule has 21 heavy (non-hydrogen) atoms. The zero-order valence-corrected chi connectivity index (χ0v) is 12.8. The minimum Gasteiger partial charge on any atom is -0.348 e. The molecule has 1 saturated carbocycles. The molecule has 0 saturated heterocycles. The summed E-state index contributed by atoms with van der Waals surface area (Å²) in [5, 5.41) is 6.08. The summed E-state index contributed by atoms with van der Waals surface area (Å²) in [5.41, 5.74) is 8.30. The lowest BCUT2D eigenvalue weighted by Gasteiger charge is -2.16. The van der Waals surface area contributed by atoms with E-state index in [2.05, 4.69) is 10.3 Å². The molecular weight excluding hydrogens is 282 g/mol. The molecule has 0 spiro atoms. The van der Waals surface area contributed by atoms with Crippen molar-refractivity contribution in [2.75, 3.05) is 6.54 Å². The van der Waals surface area contributed by atoms with Crippen molar-refractivity contribution in [1.82, 2.24) is 10.3 Å². The predicted molar refractivity (Wildman–Crippen MR) is 85.3 cm³/mol. The van der Waals surface area contributed by atoms with Gasteiger partial charge in [-0.05, 0) is 37.8 Å². The molecule has 1 aliphatic carbocycles. The molecule has 0 aliphatic heterocycles. The number of nitrogens with zero attached hydrogens (tertiary/aromatic N) is 1. The highest BCUT2D eigenvalue weighted by Crippen LogP contribution is 2.32. The predicted octanol–water partition coefficient (Wildman–Crippen LogP) is 2.59. The van der Waals surface area contributed by atoms with E-state index >= 15 is 0 Å². The lowest BCUT2D eigenvalue weighted by atomic mass is 10.1. The Morgan fingerprint density at radius 3 is 2.95 bits per heavy atom. The summed E-state index contributed by atoms with van der Waals surface area (Å²) in [7, 11) is 0. The third kappa shape index (κ3) is 3.31. The Balaban J connectivity index is 1.77. The molecule has 0 bridgehead atoms. The fraction of sp³-hybridized carbons (Fsp3) is 0.375. The summed E-state index contributed by atoms with van der Waals surface area (Å²) < 4.78 is 0. The minimum atomic E-state index is -0.0499. The number of aromatic nitrogens is 1. The van der Waals surface area contributed by atoms with E-state index in [0.29, 0.717) is 18.0 Å². The van der Waals surface area contributed by atoms with Crippen molar-refractivity contribution >= 4 is 17.2 Å². The van der Waals surface area contributed by atoms with Crippen LogP contribution in [0.2, 0.25) is 0 Å². The third-order valence-corrected chi connectivity index (χ3v) is 4.57. The molecule has 1 atom stereocenters. The molecule has 2 aromatic rings. The normalized spacial score (nSPS) is 15.7. The first-order chi connectivity index (χ1) is 10.2. The Morgan fingerprint density at radius 2 is 2.33 bits per heavy atom. The van der Waals surface area contributed by atoms with Crippen LogP contribution in [0.15, 0.2) is 29.6 Å². The average molecular weight is 301 g/mol. The zero-order valence-electron chi connectivity index (χ0n) is 12.0. The van der Waals surface area contributed by atoms with Crippen LogP contribution >= 0.6 is 11.3 Å². The van der Waals surface area contributed by atoms with Crippen LogP contribution in [0.3, 0.4) is 0 Å². The van der Waals surface area contributed by atoms with Crippen molar-refractivity contribution in [3.05, 3.63) is 40.2 Å². The molecule has 1 unspecified atom stereocenters. The van der Waals surface area contributed by atoms with Gasteiger partial charge in [0.1, 0.15) is 0 Å². The van der Waals surface area contributed by atoms with Crippen molar-refractivity contribution in [1.29, 1.82) is 0 Å². The van der Waals surface area contributed by atoms with Crippen molar-refractivity contribution in [2.24, 2.45) is 11.7 Å². The molecule has 1 aromatic heterocycles.